The van der Waals surface area contributed by atoms with Gasteiger partial charge in [-0.05, 0) is 12.4 Å². The summed E-state index contributed by atoms with van der Waals surface area (Å²) in [6, 6.07) is 3.37. The standard InChI is InChI=1S/C5H2ClN4.V.Y/c6-4-1-2-5-8-7-3-10(5)9-4;;/h1-2H;;/q-1;;. The molecular formula is C5H2ClN4VY-. The molecule has 0 unspecified atom stereocenters. The molecule has 0 fully saturated rings. The molecule has 4 nitrogen and oxygen atoms in total. The largest absolute Gasteiger partial charge is 0.364 e. The molecule has 2 aromatic heterocycles. The molecule has 2 heterocycles. The van der Waals surface area contributed by atoms with Crippen LogP contribution >= 0.6 is 11.6 Å². The summed E-state index contributed by atoms with van der Waals surface area (Å²) in [6.07, 6.45) is 2.52. The van der Waals surface area contributed by atoms with Crippen LogP contribution in [0.15, 0.2) is 12.1 Å². The van der Waals surface area contributed by atoms with Gasteiger partial charge in [0.05, 0.1) is 0 Å². The predicted molar refractivity (Wildman–Crippen MR) is 34.6 cm³/mol. The first kappa shape index (κ1) is 12.5. The van der Waals surface area contributed by atoms with E-state index in [9.17, 15) is 0 Å². The summed E-state index contributed by atoms with van der Waals surface area (Å²) in [5.74, 6) is 0. The van der Waals surface area contributed by atoms with Gasteiger partial charge in [-0.2, -0.15) is 5.10 Å². The fourth-order valence-corrected chi connectivity index (χ4v) is 0.798. The van der Waals surface area contributed by atoms with Crippen molar-refractivity contribution >= 4 is 17.2 Å². The van der Waals surface area contributed by atoms with Gasteiger partial charge in [-0.25, -0.2) is 5.10 Å². The Morgan fingerprint density at radius 1 is 1.42 bits per heavy atom. The van der Waals surface area contributed by atoms with Gasteiger partial charge in [-0.1, -0.05) is 17.7 Å². The number of nitrogens with zero attached hydrogens (tertiary/aromatic N) is 4. The summed E-state index contributed by atoms with van der Waals surface area (Å²) in [6.45, 7) is 0. The zero-order valence-corrected chi connectivity index (χ0v) is 10.8. The SMILES string of the molecule is Clc1ccc2nn[c-]n2n1.[V].[Y]. The maximum atomic E-state index is 5.57. The Morgan fingerprint density at radius 2 is 2.17 bits per heavy atom. The molecule has 0 amide bonds. The second-order valence-corrected chi connectivity index (χ2v) is 2.11. The third-order valence-electron chi connectivity index (χ3n) is 1.07. The van der Waals surface area contributed by atoms with Crippen LogP contribution in [-0.2, 0) is 51.3 Å². The summed E-state index contributed by atoms with van der Waals surface area (Å²) in [5, 5.41) is 11.4. The molecule has 0 aromatic carbocycles. The molecule has 2 rings (SSSR count). The molecule has 2 aromatic rings. The second-order valence-electron chi connectivity index (χ2n) is 1.73. The third-order valence-corrected chi connectivity index (χ3v) is 1.28. The number of halogens is 1. The summed E-state index contributed by atoms with van der Waals surface area (Å²) < 4.78 is 1.39. The summed E-state index contributed by atoms with van der Waals surface area (Å²) in [4.78, 5) is 0. The average Bonchev–Trinajstić information content (AvgIpc) is 2.33. The van der Waals surface area contributed by atoms with Crippen molar-refractivity contribution in [3.8, 4) is 0 Å². The number of rotatable bonds is 0. The molecule has 58 valence electrons. The fraction of sp³-hybridized carbons (Fsp3) is 0. The van der Waals surface area contributed by atoms with Crippen molar-refractivity contribution < 1.29 is 51.3 Å². The van der Waals surface area contributed by atoms with Gasteiger partial charge in [0.15, 0.2) is 0 Å². The summed E-state index contributed by atoms with van der Waals surface area (Å²) in [7, 11) is 0. The quantitative estimate of drug-likeness (QED) is 0.667. The Balaban J connectivity index is 0.000000605. The first-order valence-electron chi connectivity index (χ1n) is 2.62. The van der Waals surface area contributed by atoms with E-state index in [0.29, 0.717) is 10.8 Å². The summed E-state index contributed by atoms with van der Waals surface area (Å²) >= 11 is 5.57. The topological polar surface area (TPSA) is 43.1 Å². The Kier molecular flexibility index (Phi) is 5.53. The van der Waals surface area contributed by atoms with E-state index in [0.717, 1.165) is 0 Å². The molecule has 0 bridgehead atoms. The number of hydrogen-bond donors (Lipinski definition) is 0. The molecule has 0 saturated carbocycles. The molecule has 0 N–H and O–H groups in total. The van der Waals surface area contributed by atoms with Gasteiger partial charge in [-0.15, -0.1) is 0 Å². The molecule has 0 aliphatic heterocycles. The number of fused-ring (bicyclic) bond motifs is 1. The van der Waals surface area contributed by atoms with Crippen molar-refractivity contribution in [3.63, 3.8) is 0 Å². The van der Waals surface area contributed by atoms with E-state index < -0.39 is 0 Å². The average molecular weight is 293 g/mol. The predicted octanol–water partition coefficient (Wildman–Crippen LogP) is 0.573. The number of hydrogen-bond acceptors (Lipinski definition) is 3. The van der Waals surface area contributed by atoms with Crippen LogP contribution in [0, 0.1) is 6.33 Å². The van der Waals surface area contributed by atoms with Crippen molar-refractivity contribution in [2.75, 3.05) is 0 Å². The van der Waals surface area contributed by atoms with Crippen LogP contribution in [0.4, 0.5) is 0 Å². The van der Waals surface area contributed by atoms with Crippen molar-refractivity contribution in [1.29, 1.82) is 0 Å². The smallest absolute Gasteiger partial charge is 0.145 e. The Hall–Kier alpha value is 0.528. The van der Waals surface area contributed by atoms with Gasteiger partial charge in [0.2, 0.25) is 0 Å². The van der Waals surface area contributed by atoms with E-state index in [4.69, 9.17) is 11.6 Å². The fourth-order valence-electron chi connectivity index (χ4n) is 0.659. The van der Waals surface area contributed by atoms with Crippen molar-refractivity contribution in [1.82, 2.24) is 19.8 Å². The van der Waals surface area contributed by atoms with Crippen LogP contribution in [-0.4, -0.2) is 19.8 Å². The molecule has 0 saturated heterocycles. The minimum Gasteiger partial charge on any atom is -0.364 e. The van der Waals surface area contributed by atoms with Crippen LogP contribution in [0.2, 0.25) is 5.15 Å². The monoisotopic (exact) mass is 293 g/mol. The molecule has 2 radical (unpaired) electrons. The zero-order chi connectivity index (χ0) is 6.97. The van der Waals surface area contributed by atoms with Gasteiger partial charge >= 0.3 is 0 Å². The van der Waals surface area contributed by atoms with Crippen LogP contribution in [0.1, 0.15) is 0 Å². The molecular weight excluding hydrogens is 291 g/mol. The van der Waals surface area contributed by atoms with Crippen LogP contribution in [0.25, 0.3) is 5.65 Å². The van der Waals surface area contributed by atoms with Crippen molar-refractivity contribution in [2.45, 2.75) is 0 Å². The molecule has 0 aliphatic carbocycles. The van der Waals surface area contributed by atoms with Crippen LogP contribution in [0.3, 0.4) is 0 Å². The minimum absolute atomic E-state index is 0. The van der Waals surface area contributed by atoms with E-state index >= 15 is 0 Å². The van der Waals surface area contributed by atoms with Gasteiger partial charge in [0.25, 0.3) is 0 Å². The molecule has 0 atom stereocenters. The van der Waals surface area contributed by atoms with Crippen LogP contribution < -0.4 is 0 Å². The van der Waals surface area contributed by atoms with Gasteiger partial charge < -0.3 is 4.52 Å². The van der Waals surface area contributed by atoms with Gasteiger partial charge in [0.1, 0.15) is 5.15 Å². The maximum Gasteiger partial charge on any atom is 0.145 e. The zero-order valence-electron chi connectivity index (χ0n) is 5.85. The third kappa shape index (κ3) is 2.51. The maximum absolute atomic E-state index is 5.57. The molecule has 12 heavy (non-hydrogen) atoms. The number of aromatic nitrogens is 4. The summed E-state index contributed by atoms with van der Waals surface area (Å²) in [5.41, 5.74) is 0.643. The molecule has 7 heteroatoms. The normalized spacial score (nSPS) is 8.75. The molecule has 0 spiro atoms. The Bertz CT molecular complexity index is 365. The minimum atomic E-state index is 0. The van der Waals surface area contributed by atoms with Gasteiger partial charge in [0, 0.05) is 56.9 Å². The van der Waals surface area contributed by atoms with E-state index in [1.54, 1.807) is 12.1 Å². The van der Waals surface area contributed by atoms with Crippen molar-refractivity contribution in [2.24, 2.45) is 0 Å². The van der Waals surface area contributed by atoms with E-state index in [1.165, 1.54) is 4.52 Å². The second kappa shape index (κ2) is 5.30. The Morgan fingerprint density at radius 3 is 2.92 bits per heavy atom. The Labute approximate surface area is 111 Å². The van der Waals surface area contributed by atoms with E-state index in [-0.39, 0.29) is 51.3 Å². The first-order chi connectivity index (χ1) is 4.86. The molecule has 0 aliphatic rings. The van der Waals surface area contributed by atoms with Crippen LogP contribution in [0.5, 0.6) is 0 Å². The van der Waals surface area contributed by atoms with E-state index in [2.05, 4.69) is 21.6 Å². The first-order valence-corrected chi connectivity index (χ1v) is 3.00. The van der Waals surface area contributed by atoms with Gasteiger partial charge in [-0.3, -0.25) is 5.10 Å². The van der Waals surface area contributed by atoms with Crippen molar-refractivity contribution in [3.05, 3.63) is 23.6 Å². The van der Waals surface area contributed by atoms with E-state index in [1.807, 2.05) is 0 Å².